The maximum absolute atomic E-state index is 11.5. The lowest BCUT2D eigenvalue weighted by atomic mass is 10.2. The van der Waals surface area contributed by atoms with E-state index in [0.29, 0.717) is 13.2 Å². The molecule has 13 heavy (non-hydrogen) atoms. The second kappa shape index (κ2) is 5.94. The number of ether oxygens (including phenoxy) is 1. The summed E-state index contributed by atoms with van der Waals surface area (Å²) in [6.07, 6.45) is 2.24. The van der Waals surface area contributed by atoms with Crippen LogP contribution >= 0.6 is 0 Å². The van der Waals surface area contributed by atoms with Gasteiger partial charge in [0.2, 0.25) is 5.91 Å². The Morgan fingerprint density at radius 1 is 1.54 bits per heavy atom. The van der Waals surface area contributed by atoms with Crippen LogP contribution in [0.3, 0.4) is 0 Å². The van der Waals surface area contributed by atoms with E-state index in [0.717, 1.165) is 32.5 Å². The summed E-state index contributed by atoms with van der Waals surface area (Å²) in [4.78, 5) is 13.4. The Kier molecular flexibility index (Phi) is 4.78. The molecule has 1 fully saturated rings. The SMILES string of the molecule is COCCN1CCCCNCC1=O. The second-order valence-corrected chi connectivity index (χ2v) is 3.26. The zero-order chi connectivity index (χ0) is 9.52. The van der Waals surface area contributed by atoms with E-state index in [2.05, 4.69) is 5.32 Å². The molecule has 1 amide bonds. The Bertz CT molecular complexity index is 160. The van der Waals surface area contributed by atoms with Gasteiger partial charge in [0.05, 0.1) is 13.2 Å². The molecule has 1 saturated heterocycles. The third-order valence-electron chi connectivity index (χ3n) is 2.23. The topological polar surface area (TPSA) is 41.6 Å². The highest BCUT2D eigenvalue weighted by atomic mass is 16.5. The molecule has 0 aromatic rings. The van der Waals surface area contributed by atoms with Crippen molar-refractivity contribution < 1.29 is 9.53 Å². The molecule has 0 aromatic heterocycles. The quantitative estimate of drug-likeness (QED) is 0.666. The molecule has 1 heterocycles. The van der Waals surface area contributed by atoms with Crippen LogP contribution in [0.2, 0.25) is 0 Å². The van der Waals surface area contributed by atoms with Gasteiger partial charge < -0.3 is 15.0 Å². The molecule has 4 nitrogen and oxygen atoms in total. The monoisotopic (exact) mass is 186 g/mol. The van der Waals surface area contributed by atoms with Gasteiger partial charge in [-0.1, -0.05) is 0 Å². The molecule has 1 aliphatic rings. The molecule has 0 aromatic carbocycles. The molecule has 0 atom stereocenters. The molecule has 0 aliphatic carbocycles. The van der Waals surface area contributed by atoms with Crippen molar-refractivity contribution >= 4 is 5.91 Å². The largest absolute Gasteiger partial charge is 0.383 e. The summed E-state index contributed by atoms with van der Waals surface area (Å²) in [6, 6.07) is 0. The smallest absolute Gasteiger partial charge is 0.236 e. The van der Waals surface area contributed by atoms with Gasteiger partial charge in [-0.15, -0.1) is 0 Å². The van der Waals surface area contributed by atoms with Crippen LogP contribution in [0.25, 0.3) is 0 Å². The van der Waals surface area contributed by atoms with Gasteiger partial charge in [-0.25, -0.2) is 0 Å². The van der Waals surface area contributed by atoms with E-state index in [-0.39, 0.29) is 5.91 Å². The molecule has 0 radical (unpaired) electrons. The van der Waals surface area contributed by atoms with Crippen molar-refractivity contribution in [3.05, 3.63) is 0 Å². The van der Waals surface area contributed by atoms with Crippen molar-refractivity contribution in [2.24, 2.45) is 0 Å². The fourth-order valence-corrected chi connectivity index (χ4v) is 1.42. The lowest BCUT2D eigenvalue weighted by molar-refractivity contribution is -0.131. The maximum Gasteiger partial charge on any atom is 0.236 e. The lowest BCUT2D eigenvalue weighted by Crippen LogP contribution is -2.42. The van der Waals surface area contributed by atoms with Crippen LogP contribution < -0.4 is 5.32 Å². The number of methoxy groups -OCH3 is 1. The first kappa shape index (κ1) is 10.5. The number of carbonyl (C=O) groups excluding carboxylic acids is 1. The summed E-state index contributed by atoms with van der Waals surface area (Å²) < 4.78 is 4.95. The standard InChI is InChI=1S/C9H18N2O2/c1-13-7-6-11-5-3-2-4-10-8-9(11)12/h10H,2-8H2,1H3. The van der Waals surface area contributed by atoms with E-state index in [1.165, 1.54) is 0 Å². The minimum atomic E-state index is 0.191. The molecule has 0 bridgehead atoms. The minimum Gasteiger partial charge on any atom is -0.383 e. The van der Waals surface area contributed by atoms with Gasteiger partial charge in [0.1, 0.15) is 0 Å². The summed E-state index contributed by atoms with van der Waals surface area (Å²) in [6.45, 7) is 3.67. The number of rotatable bonds is 3. The van der Waals surface area contributed by atoms with E-state index in [1.54, 1.807) is 7.11 Å². The van der Waals surface area contributed by atoms with E-state index < -0.39 is 0 Å². The molecular weight excluding hydrogens is 168 g/mol. The maximum atomic E-state index is 11.5. The summed E-state index contributed by atoms with van der Waals surface area (Å²) in [7, 11) is 1.66. The van der Waals surface area contributed by atoms with Crippen molar-refractivity contribution in [1.29, 1.82) is 0 Å². The second-order valence-electron chi connectivity index (χ2n) is 3.26. The van der Waals surface area contributed by atoms with Crippen LogP contribution in [0.15, 0.2) is 0 Å². The first-order valence-corrected chi connectivity index (χ1v) is 4.82. The molecule has 0 unspecified atom stereocenters. The van der Waals surface area contributed by atoms with Crippen LogP contribution in [0, 0.1) is 0 Å². The molecule has 1 N–H and O–H groups in total. The Labute approximate surface area is 79.2 Å². The Balaban J connectivity index is 2.32. The van der Waals surface area contributed by atoms with Crippen molar-refractivity contribution in [2.75, 3.05) is 39.9 Å². The average molecular weight is 186 g/mol. The van der Waals surface area contributed by atoms with Crippen LogP contribution in [0.1, 0.15) is 12.8 Å². The van der Waals surface area contributed by atoms with Crippen LogP contribution in [0.5, 0.6) is 0 Å². The number of hydrogen-bond donors (Lipinski definition) is 1. The Morgan fingerprint density at radius 3 is 3.15 bits per heavy atom. The van der Waals surface area contributed by atoms with Crippen molar-refractivity contribution in [3.8, 4) is 0 Å². The van der Waals surface area contributed by atoms with Crippen molar-refractivity contribution in [1.82, 2.24) is 10.2 Å². The van der Waals surface area contributed by atoms with E-state index in [9.17, 15) is 4.79 Å². The molecule has 1 rings (SSSR count). The Hall–Kier alpha value is -0.610. The number of hydrogen-bond acceptors (Lipinski definition) is 3. The molecule has 0 saturated carbocycles. The number of amides is 1. The zero-order valence-electron chi connectivity index (χ0n) is 8.21. The fraction of sp³-hybridized carbons (Fsp3) is 0.889. The first-order valence-electron chi connectivity index (χ1n) is 4.82. The minimum absolute atomic E-state index is 0.191. The third kappa shape index (κ3) is 3.74. The Morgan fingerprint density at radius 2 is 2.38 bits per heavy atom. The van der Waals surface area contributed by atoms with Crippen LogP contribution in [-0.2, 0) is 9.53 Å². The van der Waals surface area contributed by atoms with Gasteiger partial charge in [-0.05, 0) is 19.4 Å². The first-order chi connectivity index (χ1) is 6.34. The average Bonchev–Trinajstić information content (AvgIpc) is 2.11. The predicted octanol–water partition coefficient (Wildman–Crippen LogP) is -0.155. The highest BCUT2D eigenvalue weighted by Crippen LogP contribution is 1.98. The molecule has 4 heteroatoms. The zero-order valence-corrected chi connectivity index (χ0v) is 8.21. The third-order valence-corrected chi connectivity index (χ3v) is 2.23. The summed E-state index contributed by atoms with van der Waals surface area (Å²) in [5.41, 5.74) is 0. The van der Waals surface area contributed by atoms with Gasteiger partial charge in [0.25, 0.3) is 0 Å². The summed E-state index contributed by atoms with van der Waals surface area (Å²) >= 11 is 0. The number of carbonyl (C=O) groups is 1. The van der Waals surface area contributed by atoms with Gasteiger partial charge in [-0.3, -0.25) is 4.79 Å². The molecule has 0 spiro atoms. The summed E-state index contributed by atoms with van der Waals surface area (Å²) in [5, 5.41) is 3.11. The van der Waals surface area contributed by atoms with Crippen molar-refractivity contribution in [2.45, 2.75) is 12.8 Å². The normalized spacial score (nSPS) is 19.8. The van der Waals surface area contributed by atoms with Crippen LogP contribution in [0.4, 0.5) is 0 Å². The molecule has 1 aliphatic heterocycles. The summed E-state index contributed by atoms with van der Waals surface area (Å²) in [5.74, 6) is 0.191. The van der Waals surface area contributed by atoms with Gasteiger partial charge >= 0.3 is 0 Å². The predicted molar refractivity (Wildman–Crippen MR) is 50.6 cm³/mol. The molecule has 76 valence electrons. The van der Waals surface area contributed by atoms with E-state index in [4.69, 9.17) is 4.74 Å². The van der Waals surface area contributed by atoms with Crippen molar-refractivity contribution in [3.63, 3.8) is 0 Å². The molecular formula is C9H18N2O2. The van der Waals surface area contributed by atoms with E-state index in [1.807, 2.05) is 4.90 Å². The van der Waals surface area contributed by atoms with E-state index >= 15 is 0 Å². The highest BCUT2D eigenvalue weighted by molar-refractivity contribution is 5.78. The highest BCUT2D eigenvalue weighted by Gasteiger charge is 2.13. The number of nitrogens with zero attached hydrogens (tertiary/aromatic N) is 1. The van der Waals surface area contributed by atoms with Gasteiger partial charge in [-0.2, -0.15) is 0 Å². The number of nitrogens with one attached hydrogen (secondary N) is 1. The van der Waals surface area contributed by atoms with Gasteiger partial charge in [0.15, 0.2) is 0 Å². The fourth-order valence-electron chi connectivity index (χ4n) is 1.42. The van der Waals surface area contributed by atoms with Crippen LogP contribution in [-0.4, -0.2) is 50.7 Å². The lowest BCUT2D eigenvalue weighted by Gasteiger charge is -2.24. The van der Waals surface area contributed by atoms with Gasteiger partial charge in [0, 0.05) is 20.2 Å².